The summed E-state index contributed by atoms with van der Waals surface area (Å²) in [5.74, 6) is -1.78. The number of para-hydroxylation sites is 2. The van der Waals surface area contributed by atoms with Crippen LogP contribution in [0.2, 0.25) is 0 Å². The molecule has 0 radical (unpaired) electrons. The van der Waals surface area contributed by atoms with Crippen molar-refractivity contribution < 1.29 is 19.2 Å². The van der Waals surface area contributed by atoms with Crippen molar-refractivity contribution in [1.29, 1.82) is 0 Å². The Kier molecular flexibility index (Phi) is 4.30. The molecule has 1 fully saturated rings. The monoisotopic (exact) mass is 367 g/mol. The van der Waals surface area contributed by atoms with Crippen LogP contribution in [0.1, 0.15) is 26.2 Å². The highest BCUT2D eigenvalue weighted by molar-refractivity contribution is 6.11. The van der Waals surface area contributed by atoms with Gasteiger partial charge in [-0.1, -0.05) is 24.3 Å². The van der Waals surface area contributed by atoms with Crippen LogP contribution in [-0.4, -0.2) is 41.1 Å². The summed E-state index contributed by atoms with van der Waals surface area (Å²) >= 11 is 0. The molecule has 0 spiro atoms. The first-order chi connectivity index (χ1) is 13.0. The Bertz CT molecular complexity index is 837. The molecule has 1 N–H and O–H groups in total. The maximum Gasteiger partial charge on any atom is 0.247 e. The summed E-state index contributed by atoms with van der Waals surface area (Å²) in [6, 6.07) is 6.68. The lowest BCUT2D eigenvalue weighted by atomic mass is 9.85. The summed E-state index contributed by atoms with van der Waals surface area (Å²) in [7, 11) is 0. The fourth-order valence-corrected chi connectivity index (χ4v) is 4.20. The molecule has 1 aromatic rings. The van der Waals surface area contributed by atoms with E-state index in [2.05, 4.69) is 5.32 Å². The zero-order chi connectivity index (χ0) is 19.1. The molecular formula is C20H21N3O4. The Hall–Kier alpha value is -2.96. The normalized spacial score (nSPS) is 27.1. The second-order valence-corrected chi connectivity index (χ2v) is 7.30. The fraction of sp³-hybridized carbons (Fsp3) is 0.400. The zero-order valence-corrected chi connectivity index (χ0v) is 15.1. The summed E-state index contributed by atoms with van der Waals surface area (Å²) in [6.07, 6.45) is 5.07. The van der Waals surface area contributed by atoms with Crippen LogP contribution in [0.25, 0.3) is 0 Å². The molecule has 0 saturated carbocycles. The number of rotatable bonds is 2. The molecule has 2 heterocycles. The van der Waals surface area contributed by atoms with Crippen molar-refractivity contribution in [3.05, 3.63) is 36.4 Å². The van der Waals surface area contributed by atoms with Gasteiger partial charge >= 0.3 is 0 Å². The molecular weight excluding hydrogens is 346 g/mol. The maximum atomic E-state index is 13.1. The maximum absolute atomic E-state index is 13.1. The van der Waals surface area contributed by atoms with Gasteiger partial charge in [-0.3, -0.25) is 24.1 Å². The first-order valence-electron chi connectivity index (χ1n) is 9.18. The summed E-state index contributed by atoms with van der Waals surface area (Å²) in [4.78, 5) is 53.1. The molecule has 4 amide bonds. The smallest absolute Gasteiger partial charge is 0.247 e. The number of hydrogen-bond donors (Lipinski definition) is 1. The Morgan fingerprint density at radius 3 is 2.37 bits per heavy atom. The van der Waals surface area contributed by atoms with E-state index in [0.29, 0.717) is 24.2 Å². The van der Waals surface area contributed by atoms with Crippen molar-refractivity contribution >= 4 is 35.0 Å². The van der Waals surface area contributed by atoms with Gasteiger partial charge in [0, 0.05) is 12.5 Å². The molecule has 0 aromatic heterocycles. The molecule has 7 nitrogen and oxygen atoms in total. The topological polar surface area (TPSA) is 86.8 Å². The molecule has 1 aliphatic carbocycles. The van der Waals surface area contributed by atoms with Crippen LogP contribution in [0.3, 0.4) is 0 Å². The summed E-state index contributed by atoms with van der Waals surface area (Å²) in [5.41, 5.74) is 1.14. The molecule has 1 saturated heterocycles. The third-order valence-corrected chi connectivity index (χ3v) is 5.52. The third-order valence-electron chi connectivity index (χ3n) is 5.52. The van der Waals surface area contributed by atoms with Crippen LogP contribution in [0.4, 0.5) is 11.4 Å². The fourth-order valence-electron chi connectivity index (χ4n) is 4.20. The molecule has 140 valence electrons. The number of likely N-dealkylation sites (tertiary alicyclic amines) is 1. The molecule has 2 aliphatic heterocycles. The highest BCUT2D eigenvalue weighted by Gasteiger charge is 2.48. The highest BCUT2D eigenvalue weighted by Crippen LogP contribution is 2.36. The van der Waals surface area contributed by atoms with Gasteiger partial charge in [0.2, 0.25) is 23.6 Å². The first kappa shape index (κ1) is 17.5. The molecule has 0 bridgehead atoms. The Labute approximate surface area is 157 Å². The average molecular weight is 367 g/mol. The quantitative estimate of drug-likeness (QED) is 0.637. The second kappa shape index (κ2) is 6.64. The lowest BCUT2D eigenvalue weighted by Gasteiger charge is -2.29. The number of carbonyl (C=O) groups is 4. The summed E-state index contributed by atoms with van der Waals surface area (Å²) in [6.45, 7) is 1.49. The van der Waals surface area contributed by atoms with Crippen molar-refractivity contribution in [3.63, 3.8) is 0 Å². The average Bonchev–Trinajstić information content (AvgIpc) is 2.80. The Balaban J connectivity index is 1.60. The number of hydrogen-bond acceptors (Lipinski definition) is 4. The number of amides is 4. The molecule has 3 aliphatic rings. The molecule has 27 heavy (non-hydrogen) atoms. The van der Waals surface area contributed by atoms with Crippen LogP contribution in [0, 0.1) is 11.8 Å². The van der Waals surface area contributed by atoms with Gasteiger partial charge in [-0.15, -0.1) is 0 Å². The van der Waals surface area contributed by atoms with E-state index in [0.717, 1.165) is 4.90 Å². The highest BCUT2D eigenvalue weighted by atomic mass is 16.2. The molecule has 7 heteroatoms. The molecule has 4 rings (SSSR count). The van der Waals surface area contributed by atoms with E-state index in [9.17, 15) is 19.2 Å². The van der Waals surface area contributed by atoms with Gasteiger partial charge in [-0.2, -0.15) is 0 Å². The van der Waals surface area contributed by atoms with E-state index in [1.54, 1.807) is 31.2 Å². The SMILES string of the molecule is C[C@@H]1CC(=O)Nc2ccccc2N1C(=O)CN1C(=O)[C@@H]2CC=CC[C@H]2C1=O. The predicted molar refractivity (Wildman–Crippen MR) is 98.7 cm³/mol. The number of anilines is 2. The number of allylic oxidation sites excluding steroid dienone is 2. The molecule has 3 atom stereocenters. The standard InChI is InChI=1S/C20H21N3O4/c1-12-10-17(24)21-15-8-4-5-9-16(15)23(12)18(25)11-22-19(26)13-6-2-3-7-14(13)20(22)27/h2-5,8-9,12-14H,6-7,10-11H2,1H3,(H,21,24)/t12-,13-,14-/m1/s1. The lowest BCUT2D eigenvalue weighted by molar-refractivity contribution is -0.143. The van der Waals surface area contributed by atoms with E-state index in [1.165, 1.54) is 4.90 Å². The third kappa shape index (κ3) is 2.93. The van der Waals surface area contributed by atoms with Gasteiger partial charge in [0.15, 0.2) is 0 Å². The van der Waals surface area contributed by atoms with E-state index >= 15 is 0 Å². The van der Waals surface area contributed by atoms with Crippen LogP contribution in [0.5, 0.6) is 0 Å². The van der Waals surface area contributed by atoms with E-state index in [4.69, 9.17) is 0 Å². The zero-order valence-electron chi connectivity index (χ0n) is 15.1. The number of fused-ring (bicyclic) bond motifs is 2. The van der Waals surface area contributed by atoms with Crippen LogP contribution >= 0.6 is 0 Å². The van der Waals surface area contributed by atoms with Gasteiger partial charge in [0.1, 0.15) is 6.54 Å². The molecule has 0 unspecified atom stereocenters. The van der Waals surface area contributed by atoms with Gasteiger partial charge in [0.05, 0.1) is 23.2 Å². The van der Waals surface area contributed by atoms with Crippen molar-refractivity contribution in [2.45, 2.75) is 32.2 Å². The lowest BCUT2D eigenvalue weighted by Crippen LogP contribution is -2.46. The van der Waals surface area contributed by atoms with E-state index in [-0.39, 0.29) is 54.5 Å². The van der Waals surface area contributed by atoms with Crippen LogP contribution < -0.4 is 10.2 Å². The van der Waals surface area contributed by atoms with Crippen molar-refractivity contribution in [3.8, 4) is 0 Å². The van der Waals surface area contributed by atoms with E-state index in [1.807, 2.05) is 12.2 Å². The summed E-state index contributed by atoms with van der Waals surface area (Å²) < 4.78 is 0. The number of carbonyl (C=O) groups excluding carboxylic acids is 4. The minimum atomic E-state index is -0.377. The first-order valence-corrected chi connectivity index (χ1v) is 9.18. The number of benzene rings is 1. The van der Waals surface area contributed by atoms with Gasteiger partial charge in [0.25, 0.3) is 0 Å². The number of imide groups is 1. The Morgan fingerprint density at radius 1 is 1.07 bits per heavy atom. The molecule has 1 aromatic carbocycles. The van der Waals surface area contributed by atoms with E-state index < -0.39 is 0 Å². The van der Waals surface area contributed by atoms with Crippen LogP contribution in [-0.2, 0) is 19.2 Å². The minimum absolute atomic E-state index is 0.150. The minimum Gasteiger partial charge on any atom is -0.324 e. The van der Waals surface area contributed by atoms with Gasteiger partial charge in [-0.05, 0) is 31.9 Å². The van der Waals surface area contributed by atoms with Crippen molar-refractivity contribution in [2.24, 2.45) is 11.8 Å². The van der Waals surface area contributed by atoms with Gasteiger partial charge < -0.3 is 10.2 Å². The second-order valence-electron chi connectivity index (χ2n) is 7.30. The predicted octanol–water partition coefficient (Wildman–Crippen LogP) is 1.70. The van der Waals surface area contributed by atoms with Crippen LogP contribution in [0.15, 0.2) is 36.4 Å². The number of nitrogens with one attached hydrogen (secondary N) is 1. The van der Waals surface area contributed by atoms with Crippen molar-refractivity contribution in [2.75, 3.05) is 16.8 Å². The largest absolute Gasteiger partial charge is 0.324 e. The Morgan fingerprint density at radius 2 is 1.70 bits per heavy atom. The van der Waals surface area contributed by atoms with Crippen molar-refractivity contribution in [1.82, 2.24) is 4.90 Å². The van der Waals surface area contributed by atoms with Gasteiger partial charge in [-0.25, -0.2) is 0 Å². The number of nitrogens with zero attached hydrogens (tertiary/aromatic N) is 2. The summed E-state index contributed by atoms with van der Waals surface area (Å²) in [5, 5.41) is 2.80.